The SMILES string of the molecule is Cc1ccc(C2CC(c3ccccc3)=NO2)o1. The third kappa shape index (κ3) is 1.96. The highest BCUT2D eigenvalue weighted by Crippen LogP contribution is 2.30. The fourth-order valence-corrected chi connectivity index (χ4v) is 1.96. The summed E-state index contributed by atoms with van der Waals surface area (Å²) in [7, 11) is 0. The molecule has 86 valence electrons. The summed E-state index contributed by atoms with van der Waals surface area (Å²) in [5, 5.41) is 4.13. The molecule has 0 amide bonds. The smallest absolute Gasteiger partial charge is 0.190 e. The minimum atomic E-state index is -0.0843. The second-order valence-corrected chi connectivity index (χ2v) is 4.15. The first-order valence-electron chi connectivity index (χ1n) is 5.67. The molecule has 0 N–H and O–H groups in total. The number of hydrogen-bond acceptors (Lipinski definition) is 3. The van der Waals surface area contributed by atoms with E-state index >= 15 is 0 Å². The highest BCUT2D eigenvalue weighted by molar-refractivity contribution is 6.01. The zero-order chi connectivity index (χ0) is 11.7. The van der Waals surface area contributed by atoms with Crippen LogP contribution in [-0.4, -0.2) is 5.71 Å². The lowest BCUT2D eigenvalue weighted by molar-refractivity contribution is 0.0682. The van der Waals surface area contributed by atoms with Crippen LogP contribution in [0.25, 0.3) is 0 Å². The van der Waals surface area contributed by atoms with Gasteiger partial charge in [-0.2, -0.15) is 0 Å². The van der Waals surface area contributed by atoms with E-state index in [0.29, 0.717) is 0 Å². The molecule has 3 rings (SSSR count). The van der Waals surface area contributed by atoms with Crippen molar-refractivity contribution in [3.8, 4) is 0 Å². The first kappa shape index (κ1) is 10.1. The van der Waals surface area contributed by atoms with Gasteiger partial charge in [0.2, 0.25) is 0 Å². The molecule has 0 bridgehead atoms. The van der Waals surface area contributed by atoms with Gasteiger partial charge in [0.15, 0.2) is 6.10 Å². The van der Waals surface area contributed by atoms with E-state index in [4.69, 9.17) is 9.25 Å². The molecule has 1 unspecified atom stereocenters. The molecular formula is C14H13NO2. The van der Waals surface area contributed by atoms with Gasteiger partial charge in [-0.05, 0) is 24.6 Å². The molecule has 2 heterocycles. The van der Waals surface area contributed by atoms with Crippen molar-refractivity contribution < 1.29 is 9.25 Å². The average Bonchev–Trinajstić information content (AvgIpc) is 2.98. The van der Waals surface area contributed by atoms with Crippen molar-refractivity contribution in [3.63, 3.8) is 0 Å². The van der Waals surface area contributed by atoms with Crippen LogP contribution >= 0.6 is 0 Å². The molecule has 0 fully saturated rings. The Labute approximate surface area is 99.7 Å². The van der Waals surface area contributed by atoms with Gasteiger partial charge < -0.3 is 9.25 Å². The molecule has 1 aliphatic rings. The summed E-state index contributed by atoms with van der Waals surface area (Å²) in [6.45, 7) is 1.93. The normalized spacial score (nSPS) is 18.9. The summed E-state index contributed by atoms with van der Waals surface area (Å²) in [4.78, 5) is 5.41. The molecule has 2 aromatic rings. The molecule has 3 heteroatoms. The Morgan fingerprint density at radius 1 is 1.12 bits per heavy atom. The van der Waals surface area contributed by atoms with E-state index in [9.17, 15) is 0 Å². The molecule has 1 aliphatic heterocycles. The van der Waals surface area contributed by atoms with Gasteiger partial charge >= 0.3 is 0 Å². The van der Waals surface area contributed by atoms with Gasteiger partial charge in [-0.3, -0.25) is 0 Å². The fourth-order valence-electron chi connectivity index (χ4n) is 1.96. The predicted octanol–water partition coefficient (Wildman–Crippen LogP) is 3.45. The van der Waals surface area contributed by atoms with Crippen LogP contribution in [0, 0.1) is 6.92 Å². The zero-order valence-electron chi connectivity index (χ0n) is 9.59. The minimum absolute atomic E-state index is 0.0843. The van der Waals surface area contributed by atoms with Crippen molar-refractivity contribution in [3.05, 3.63) is 59.5 Å². The van der Waals surface area contributed by atoms with Crippen LogP contribution in [0.5, 0.6) is 0 Å². The van der Waals surface area contributed by atoms with Crippen LogP contribution in [-0.2, 0) is 4.84 Å². The fraction of sp³-hybridized carbons (Fsp3) is 0.214. The van der Waals surface area contributed by atoms with Crippen molar-refractivity contribution in [2.75, 3.05) is 0 Å². The van der Waals surface area contributed by atoms with E-state index < -0.39 is 0 Å². The van der Waals surface area contributed by atoms with Crippen molar-refractivity contribution >= 4 is 5.71 Å². The lowest BCUT2D eigenvalue weighted by Crippen LogP contribution is -2.00. The number of hydrogen-bond donors (Lipinski definition) is 0. The van der Waals surface area contributed by atoms with Crippen LogP contribution < -0.4 is 0 Å². The van der Waals surface area contributed by atoms with E-state index in [1.165, 1.54) is 0 Å². The Balaban J connectivity index is 1.77. The number of benzene rings is 1. The highest BCUT2D eigenvalue weighted by Gasteiger charge is 2.26. The molecule has 0 spiro atoms. The van der Waals surface area contributed by atoms with Crippen molar-refractivity contribution in [2.24, 2.45) is 5.16 Å². The Morgan fingerprint density at radius 2 is 1.94 bits per heavy atom. The van der Waals surface area contributed by atoms with E-state index in [0.717, 1.165) is 29.2 Å². The standard InChI is InChI=1S/C14H13NO2/c1-10-7-8-13(16-10)14-9-12(15-17-14)11-5-3-2-4-6-11/h2-8,14H,9H2,1H3. The van der Waals surface area contributed by atoms with Gasteiger partial charge in [0.05, 0.1) is 5.71 Å². The summed E-state index contributed by atoms with van der Waals surface area (Å²) < 4.78 is 5.55. The lowest BCUT2D eigenvalue weighted by Gasteiger charge is -2.03. The summed E-state index contributed by atoms with van der Waals surface area (Å²) in [6.07, 6.45) is 0.677. The minimum Gasteiger partial charge on any atom is -0.462 e. The van der Waals surface area contributed by atoms with E-state index in [1.54, 1.807) is 0 Å². The molecule has 0 radical (unpaired) electrons. The van der Waals surface area contributed by atoms with Crippen LogP contribution in [0.15, 0.2) is 52.0 Å². The second kappa shape index (κ2) is 4.09. The Morgan fingerprint density at radius 3 is 2.65 bits per heavy atom. The Bertz CT molecular complexity index is 542. The van der Waals surface area contributed by atoms with Crippen molar-refractivity contribution in [1.29, 1.82) is 0 Å². The molecule has 0 aliphatic carbocycles. The summed E-state index contributed by atoms with van der Waals surface area (Å²) in [6, 6.07) is 14.0. The van der Waals surface area contributed by atoms with Crippen LogP contribution in [0.3, 0.4) is 0 Å². The maximum absolute atomic E-state index is 5.55. The number of furan rings is 1. The largest absolute Gasteiger partial charge is 0.462 e. The molecule has 1 aromatic carbocycles. The van der Waals surface area contributed by atoms with Crippen LogP contribution in [0.2, 0.25) is 0 Å². The maximum Gasteiger partial charge on any atom is 0.190 e. The first-order chi connectivity index (χ1) is 8.33. The predicted molar refractivity (Wildman–Crippen MR) is 64.9 cm³/mol. The van der Waals surface area contributed by atoms with Gasteiger partial charge in [0, 0.05) is 6.42 Å². The molecule has 0 saturated carbocycles. The van der Waals surface area contributed by atoms with E-state index in [1.807, 2.05) is 49.4 Å². The average molecular weight is 227 g/mol. The quantitative estimate of drug-likeness (QED) is 0.787. The van der Waals surface area contributed by atoms with E-state index in [2.05, 4.69) is 5.16 Å². The lowest BCUT2D eigenvalue weighted by atomic mass is 10.0. The van der Waals surface area contributed by atoms with E-state index in [-0.39, 0.29) is 6.10 Å². The van der Waals surface area contributed by atoms with Gasteiger partial charge in [-0.25, -0.2) is 0 Å². The van der Waals surface area contributed by atoms with Crippen molar-refractivity contribution in [1.82, 2.24) is 0 Å². The molecule has 3 nitrogen and oxygen atoms in total. The molecule has 0 saturated heterocycles. The number of oxime groups is 1. The first-order valence-corrected chi connectivity index (χ1v) is 5.67. The molecule has 17 heavy (non-hydrogen) atoms. The molecule has 1 atom stereocenters. The third-order valence-corrected chi connectivity index (χ3v) is 2.85. The second-order valence-electron chi connectivity index (χ2n) is 4.15. The Hall–Kier alpha value is -2.03. The number of rotatable bonds is 2. The summed E-state index contributed by atoms with van der Waals surface area (Å²) in [5.74, 6) is 1.74. The highest BCUT2D eigenvalue weighted by atomic mass is 16.6. The van der Waals surface area contributed by atoms with Gasteiger partial charge in [-0.1, -0.05) is 35.5 Å². The van der Waals surface area contributed by atoms with Gasteiger partial charge in [-0.15, -0.1) is 0 Å². The van der Waals surface area contributed by atoms with Crippen LogP contribution in [0.4, 0.5) is 0 Å². The third-order valence-electron chi connectivity index (χ3n) is 2.85. The zero-order valence-corrected chi connectivity index (χ0v) is 9.59. The number of nitrogens with zero attached hydrogens (tertiary/aromatic N) is 1. The summed E-state index contributed by atoms with van der Waals surface area (Å²) in [5.41, 5.74) is 2.09. The van der Waals surface area contributed by atoms with Gasteiger partial charge in [0.25, 0.3) is 0 Å². The van der Waals surface area contributed by atoms with Gasteiger partial charge in [0.1, 0.15) is 11.5 Å². The molecular weight excluding hydrogens is 214 g/mol. The maximum atomic E-state index is 5.55. The monoisotopic (exact) mass is 227 g/mol. The summed E-state index contributed by atoms with van der Waals surface area (Å²) >= 11 is 0. The topological polar surface area (TPSA) is 34.7 Å². The number of aryl methyl sites for hydroxylation is 1. The van der Waals surface area contributed by atoms with Crippen LogP contribution in [0.1, 0.15) is 29.6 Å². The molecule has 1 aromatic heterocycles. The Kier molecular flexibility index (Phi) is 2.44. The van der Waals surface area contributed by atoms with Crippen molar-refractivity contribution in [2.45, 2.75) is 19.4 Å².